The third-order valence-corrected chi connectivity index (χ3v) is 5.81. The molecule has 6 nitrogen and oxygen atoms in total. The third-order valence-electron chi connectivity index (χ3n) is 5.81. The van der Waals surface area contributed by atoms with Gasteiger partial charge in [0.1, 0.15) is 0 Å². The number of hydrogen-bond donors (Lipinski definition) is 1. The quantitative estimate of drug-likeness (QED) is 0.892. The molecule has 1 spiro atoms. The Labute approximate surface area is 154 Å². The molecular formula is C20H25N5O. The molecule has 0 amide bonds. The van der Waals surface area contributed by atoms with Crippen molar-refractivity contribution < 1.29 is 4.74 Å². The van der Waals surface area contributed by atoms with E-state index in [4.69, 9.17) is 9.72 Å². The van der Waals surface area contributed by atoms with Crippen molar-refractivity contribution in [2.24, 2.45) is 5.92 Å². The van der Waals surface area contributed by atoms with Gasteiger partial charge in [-0.15, -0.1) is 0 Å². The van der Waals surface area contributed by atoms with Crippen molar-refractivity contribution in [3.63, 3.8) is 0 Å². The van der Waals surface area contributed by atoms with E-state index in [2.05, 4.69) is 26.3 Å². The van der Waals surface area contributed by atoms with Gasteiger partial charge in [0.15, 0.2) is 0 Å². The van der Waals surface area contributed by atoms with E-state index in [1.807, 2.05) is 24.7 Å². The molecule has 26 heavy (non-hydrogen) atoms. The van der Waals surface area contributed by atoms with E-state index in [0.717, 1.165) is 56.6 Å². The van der Waals surface area contributed by atoms with E-state index in [0.29, 0.717) is 6.61 Å². The van der Waals surface area contributed by atoms with Gasteiger partial charge in [-0.3, -0.25) is 9.88 Å². The van der Waals surface area contributed by atoms with Crippen LogP contribution in [0.5, 0.6) is 0 Å². The average molecular weight is 351 g/mol. The summed E-state index contributed by atoms with van der Waals surface area (Å²) in [5, 5.41) is 3.43. The van der Waals surface area contributed by atoms with Gasteiger partial charge in [0.25, 0.3) is 0 Å². The number of rotatable bonds is 5. The summed E-state index contributed by atoms with van der Waals surface area (Å²) in [6, 6.07) is 4.15. The molecule has 6 heteroatoms. The SMILES string of the molecule is c1cncc(CN2CCC3(COCc4cnc(NCC5CC5)nc43)C2)c1. The van der Waals surface area contributed by atoms with Crippen LogP contribution in [0.3, 0.4) is 0 Å². The van der Waals surface area contributed by atoms with E-state index in [-0.39, 0.29) is 5.41 Å². The normalized spacial score (nSPS) is 25.4. The molecule has 136 valence electrons. The summed E-state index contributed by atoms with van der Waals surface area (Å²) in [6.07, 6.45) is 9.49. The van der Waals surface area contributed by atoms with E-state index in [1.54, 1.807) is 0 Å². The molecule has 1 saturated carbocycles. The molecule has 1 atom stereocenters. The first-order valence-corrected chi connectivity index (χ1v) is 9.60. The van der Waals surface area contributed by atoms with Crippen molar-refractivity contribution in [3.8, 4) is 0 Å². The molecule has 0 radical (unpaired) electrons. The van der Waals surface area contributed by atoms with Crippen molar-refractivity contribution >= 4 is 5.95 Å². The Balaban J connectivity index is 1.35. The van der Waals surface area contributed by atoms with Crippen LogP contribution in [-0.2, 0) is 23.3 Å². The zero-order chi connectivity index (χ0) is 17.4. The number of hydrogen-bond acceptors (Lipinski definition) is 6. The summed E-state index contributed by atoms with van der Waals surface area (Å²) in [5.41, 5.74) is 3.60. The fourth-order valence-electron chi connectivity index (χ4n) is 4.19. The van der Waals surface area contributed by atoms with Crippen LogP contribution in [0.2, 0.25) is 0 Å². The van der Waals surface area contributed by atoms with Gasteiger partial charge in [-0.2, -0.15) is 0 Å². The van der Waals surface area contributed by atoms with Gasteiger partial charge >= 0.3 is 0 Å². The van der Waals surface area contributed by atoms with Gasteiger partial charge in [-0.1, -0.05) is 6.07 Å². The highest BCUT2D eigenvalue weighted by molar-refractivity contribution is 5.36. The minimum absolute atomic E-state index is 0.00522. The number of nitrogens with zero attached hydrogens (tertiary/aromatic N) is 4. The molecule has 2 fully saturated rings. The maximum absolute atomic E-state index is 5.94. The summed E-state index contributed by atoms with van der Waals surface area (Å²) in [7, 11) is 0. The first-order chi connectivity index (χ1) is 12.8. The lowest BCUT2D eigenvalue weighted by atomic mass is 9.80. The Morgan fingerprint density at radius 3 is 3.12 bits per heavy atom. The van der Waals surface area contributed by atoms with Crippen LogP contribution in [0.15, 0.2) is 30.7 Å². The fourth-order valence-corrected chi connectivity index (χ4v) is 4.19. The fraction of sp³-hybridized carbons (Fsp3) is 0.550. The smallest absolute Gasteiger partial charge is 0.222 e. The van der Waals surface area contributed by atoms with Crippen molar-refractivity contribution in [2.75, 3.05) is 31.6 Å². The molecule has 0 bridgehead atoms. The van der Waals surface area contributed by atoms with Crippen LogP contribution in [0.25, 0.3) is 0 Å². The molecule has 0 aromatic carbocycles. The second-order valence-electron chi connectivity index (χ2n) is 7.99. The number of aromatic nitrogens is 3. The Kier molecular flexibility index (Phi) is 4.10. The highest BCUT2D eigenvalue weighted by Crippen LogP contribution is 2.39. The van der Waals surface area contributed by atoms with Gasteiger partial charge in [0.2, 0.25) is 5.95 Å². The zero-order valence-corrected chi connectivity index (χ0v) is 15.0. The number of pyridine rings is 1. The molecule has 2 aromatic rings. The highest BCUT2D eigenvalue weighted by atomic mass is 16.5. The van der Waals surface area contributed by atoms with Crippen LogP contribution in [-0.4, -0.2) is 46.1 Å². The van der Waals surface area contributed by atoms with E-state index < -0.39 is 0 Å². The lowest BCUT2D eigenvalue weighted by Crippen LogP contribution is -2.40. The van der Waals surface area contributed by atoms with E-state index in [1.165, 1.54) is 24.1 Å². The van der Waals surface area contributed by atoms with Crippen LogP contribution in [0.1, 0.15) is 36.1 Å². The summed E-state index contributed by atoms with van der Waals surface area (Å²) < 4.78 is 5.94. The largest absolute Gasteiger partial charge is 0.376 e. The number of anilines is 1. The Morgan fingerprint density at radius 1 is 1.31 bits per heavy atom. The van der Waals surface area contributed by atoms with Crippen molar-refractivity contribution in [1.29, 1.82) is 0 Å². The molecule has 5 rings (SSSR count). The molecule has 1 N–H and O–H groups in total. The maximum Gasteiger partial charge on any atom is 0.222 e. The molecule has 3 aliphatic rings. The molecule has 2 aliphatic heterocycles. The topological polar surface area (TPSA) is 63.2 Å². The zero-order valence-electron chi connectivity index (χ0n) is 15.0. The van der Waals surface area contributed by atoms with Crippen molar-refractivity contribution in [2.45, 2.75) is 37.8 Å². The minimum Gasteiger partial charge on any atom is -0.376 e. The van der Waals surface area contributed by atoms with Crippen LogP contribution >= 0.6 is 0 Å². The van der Waals surface area contributed by atoms with Crippen LogP contribution in [0.4, 0.5) is 5.95 Å². The summed E-state index contributed by atoms with van der Waals surface area (Å²) in [4.78, 5) is 16.2. The first kappa shape index (κ1) is 16.1. The average Bonchev–Trinajstić information content (AvgIpc) is 3.43. The lowest BCUT2D eigenvalue weighted by molar-refractivity contribution is 0.0503. The van der Waals surface area contributed by atoms with Crippen LogP contribution < -0.4 is 5.32 Å². The Bertz CT molecular complexity index is 779. The minimum atomic E-state index is -0.00522. The predicted molar refractivity (Wildman–Crippen MR) is 98.7 cm³/mol. The molecule has 1 saturated heterocycles. The molecule has 4 heterocycles. The maximum atomic E-state index is 5.94. The predicted octanol–water partition coefficient (Wildman–Crippen LogP) is 2.37. The van der Waals surface area contributed by atoms with E-state index in [9.17, 15) is 0 Å². The number of fused-ring (bicyclic) bond motifs is 2. The molecule has 2 aromatic heterocycles. The second-order valence-corrected chi connectivity index (χ2v) is 7.99. The van der Waals surface area contributed by atoms with Crippen LogP contribution in [0, 0.1) is 5.92 Å². The molecular weight excluding hydrogens is 326 g/mol. The molecule has 1 aliphatic carbocycles. The van der Waals surface area contributed by atoms with Gasteiger partial charge in [0.05, 0.1) is 24.3 Å². The summed E-state index contributed by atoms with van der Waals surface area (Å²) in [5.74, 6) is 1.59. The summed E-state index contributed by atoms with van der Waals surface area (Å²) in [6.45, 7) is 5.35. The van der Waals surface area contributed by atoms with Crippen molar-refractivity contribution in [1.82, 2.24) is 19.9 Å². The first-order valence-electron chi connectivity index (χ1n) is 9.60. The Hall–Kier alpha value is -2.05. The third kappa shape index (κ3) is 3.19. The van der Waals surface area contributed by atoms with E-state index >= 15 is 0 Å². The standard InChI is InChI=1S/C20H25N5O/c1-2-16(8-21-6-1)11-25-7-5-20(13-25)14-26-12-17-10-23-19(24-18(17)20)22-9-15-3-4-15/h1-2,6,8,10,15H,3-5,7,9,11-14H2,(H,22,23,24). The van der Waals surface area contributed by atoms with Crippen molar-refractivity contribution in [3.05, 3.63) is 47.5 Å². The highest BCUT2D eigenvalue weighted by Gasteiger charge is 2.44. The monoisotopic (exact) mass is 351 g/mol. The number of nitrogens with one attached hydrogen (secondary N) is 1. The number of likely N-dealkylation sites (tertiary alicyclic amines) is 1. The lowest BCUT2D eigenvalue weighted by Gasteiger charge is -2.34. The van der Waals surface area contributed by atoms with Gasteiger partial charge < -0.3 is 10.1 Å². The number of ether oxygens (including phenoxy) is 1. The van der Waals surface area contributed by atoms with Gasteiger partial charge in [-0.25, -0.2) is 9.97 Å². The summed E-state index contributed by atoms with van der Waals surface area (Å²) >= 11 is 0. The van der Waals surface area contributed by atoms with Gasteiger partial charge in [0, 0.05) is 43.8 Å². The Morgan fingerprint density at radius 2 is 2.27 bits per heavy atom. The van der Waals surface area contributed by atoms with Gasteiger partial charge in [-0.05, 0) is 43.4 Å². The molecule has 1 unspecified atom stereocenters. The second kappa shape index (κ2) is 6.59.